The zero-order chi connectivity index (χ0) is 18.1. The first kappa shape index (κ1) is 17.6. The van der Waals surface area contributed by atoms with Gasteiger partial charge in [-0.05, 0) is 43.7 Å². The smallest absolute Gasteiger partial charge is 0.254 e. The summed E-state index contributed by atoms with van der Waals surface area (Å²) in [6.45, 7) is 2.92. The summed E-state index contributed by atoms with van der Waals surface area (Å²) in [4.78, 5) is 28.8. The van der Waals surface area contributed by atoms with Crippen molar-refractivity contribution < 1.29 is 9.59 Å². The molecule has 4 heteroatoms. The molecular formula is C22H30N2O2. The summed E-state index contributed by atoms with van der Waals surface area (Å²) in [5.74, 6) is 0.0384. The monoisotopic (exact) mass is 354 g/mol. The van der Waals surface area contributed by atoms with E-state index in [1.807, 2.05) is 24.3 Å². The van der Waals surface area contributed by atoms with Crippen LogP contribution in [0.1, 0.15) is 86.6 Å². The molecule has 0 unspecified atom stereocenters. The fourth-order valence-electron chi connectivity index (χ4n) is 5.00. The SMILES string of the molecule is CCCCN1C(=O)c2ccccc2[C@H](C(=O)NC2CC2)C12CCCCC2. The number of benzene rings is 1. The first-order chi connectivity index (χ1) is 12.7. The molecule has 1 spiro atoms. The number of nitrogens with zero attached hydrogens (tertiary/aromatic N) is 1. The molecule has 4 rings (SSSR count). The van der Waals surface area contributed by atoms with Crippen LogP contribution in [-0.4, -0.2) is 34.8 Å². The van der Waals surface area contributed by atoms with Crippen LogP contribution in [0.2, 0.25) is 0 Å². The highest BCUT2D eigenvalue weighted by molar-refractivity contribution is 6.02. The third kappa shape index (κ3) is 2.93. The van der Waals surface area contributed by atoms with Gasteiger partial charge in [-0.3, -0.25) is 9.59 Å². The fraction of sp³-hybridized carbons (Fsp3) is 0.636. The summed E-state index contributed by atoms with van der Waals surface area (Å²) in [6, 6.07) is 8.16. The zero-order valence-corrected chi connectivity index (χ0v) is 15.8. The number of nitrogens with one attached hydrogen (secondary N) is 1. The van der Waals surface area contributed by atoms with Crippen molar-refractivity contribution in [2.75, 3.05) is 6.54 Å². The summed E-state index contributed by atoms with van der Waals surface area (Å²) < 4.78 is 0. The number of hydrogen-bond acceptors (Lipinski definition) is 2. The van der Waals surface area contributed by atoms with Gasteiger partial charge < -0.3 is 10.2 Å². The van der Waals surface area contributed by atoms with E-state index in [-0.39, 0.29) is 23.3 Å². The molecule has 4 nitrogen and oxygen atoms in total. The molecule has 2 amide bonds. The molecule has 3 aliphatic rings. The highest BCUT2D eigenvalue weighted by atomic mass is 16.2. The van der Waals surface area contributed by atoms with Crippen LogP contribution in [0.5, 0.6) is 0 Å². The predicted molar refractivity (Wildman–Crippen MR) is 102 cm³/mol. The maximum absolute atomic E-state index is 13.4. The van der Waals surface area contributed by atoms with Crippen molar-refractivity contribution in [2.45, 2.75) is 82.2 Å². The van der Waals surface area contributed by atoms with Gasteiger partial charge in [-0.15, -0.1) is 0 Å². The van der Waals surface area contributed by atoms with Crippen LogP contribution in [0.4, 0.5) is 0 Å². The molecular weight excluding hydrogens is 324 g/mol. The molecule has 140 valence electrons. The summed E-state index contributed by atoms with van der Waals surface area (Å²) in [5, 5.41) is 3.25. The number of fused-ring (bicyclic) bond motifs is 1. The van der Waals surface area contributed by atoms with E-state index >= 15 is 0 Å². The molecule has 1 aromatic carbocycles. The summed E-state index contributed by atoms with van der Waals surface area (Å²) in [7, 11) is 0. The Balaban J connectivity index is 1.80. The number of rotatable bonds is 5. The van der Waals surface area contributed by atoms with E-state index in [9.17, 15) is 9.59 Å². The number of carbonyl (C=O) groups excluding carboxylic acids is 2. The van der Waals surface area contributed by atoms with Crippen LogP contribution in [0, 0.1) is 0 Å². The number of unbranched alkanes of at least 4 members (excludes halogenated alkanes) is 1. The third-order valence-electron chi connectivity index (χ3n) is 6.46. The van der Waals surface area contributed by atoms with Crippen LogP contribution in [0.3, 0.4) is 0 Å². The van der Waals surface area contributed by atoms with Crippen molar-refractivity contribution in [3.63, 3.8) is 0 Å². The van der Waals surface area contributed by atoms with Crippen molar-refractivity contribution in [3.05, 3.63) is 35.4 Å². The second kappa shape index (κ2) is 7.05. The lowest BCUT2D eigenvalue weighted by atomic mass is 9.65. The number of carbonyl (C=O) groups is 2. The van der Waals surface area contributed by atoms with Gasteiger partial charge in [-0.2, -0.15) is 0 Å². The van der Waals surface area contributed by atoms with Gasteiger partial charge in [-0.25, -0.2) is 0 Å². The van der Waals surface area contributed by atoms with E-state index in [1.54, 1.807) is 0 Å². The van der Waals surface area contributed by atoms with Gasteiger partial charge in [0.2, 0.25) is 5.91 Å². The van der Waals surface area contributed by atoms with Crippen LogP contribution in [0.15, 0.2) is 24.3 Å². The van der Waals surface area contributed by atoms with Crippen LogP contribution in [0.25, 0.3) is 0 Å². The molecule has 2 saturated carbocycles. The molecule has 0 saturated heterocycles. The third-order valence-corrected chi connectivity index (χ3v) is 6.46. The largest absolute Gasteiger partial charge is 0.353 e. The standard InChI is InChI=1S/C22H30N2O2/c1-2-3-15-24-21(26)18-10-6-5-9-17(18)19(20(25)23-16-11-12-16)22(24)13-7-4-8-14-22/h5-6,9-10,16,19H,2-4,7-8,11-15H2,1H3,(H,23,25)/t19-/m1/s1. The van der Waals surface area contributed by atoms with Crippen LogP contribution < -0.4 is 5.32 Å². The highest BCUT2D eigenvalue weighted by Crippen LogP contribution is 2.49. The van der Waals surface area contributed by atoms with E-state index < -0.39 is 0 Å². The van der Waals surface area contributed by atoms with Gasteiger partial charge in [0.25, 0.3) is 5.91 Å². The van der Waals surface area contributed by atoms with Gasteiger partial charge in [0.15, 0.2) is 0 Å². The van der Waals surface area contributed by atoms with Gasteiger partial charge >= 0.3 is 0 Å². The Bertz CT molecular complexity index is 689. The van der Waals surface area contributed by atoms with E-state index in [0.717, 1.165) is 69.0 Å². The molecule has 2 aliphatic carbocycles. The minimum Gasteiger partial charge on any atom is -0.353 e. The lowest BCUT2D eigenvalue weighted by molar-refractivity contribution is -0.127. The van der Waals surface area contributed by atoms with E-state index in [4.69, 9.17) is 0 Å². The molecule has 1 aliphatic heterocycles. The summed E-state index contributed by atoms with van der Waals surface area (Å²) >= 11 is 0. The van der Waals surface area contributed by atoms with E-state index in [1.165, 1.54) is 6.42 Å². The zero-order valence-electron chi connectivity index (χ0n) is 15.8. The predicted octanol–water partition coefficient (Wildman–Crippen LogP) is 4.01. The normalized spacial score (nSPS) is 24.4. The fourth-order valence-corrected chi connectivity index (χ4v) is 5.00. The molecule has 1 N–H and O–H groups in total. The number of amides is 2. The average Bonchev–Trinajstić information content (AvgIpc) is 3.46. The highest BCUT2D eigenvalue weighted by Gasteiger charge is 2.54. The van der Waals surface area contributed by atoms with E-state index in [0.29, 0.717) is 6.04 Å². The average molecular weight is 354 g/mol. The summed E-state index contributed by atoms with van der Waals surface area (Å²) in [6.07, 6.45) is 9.52. The van der Waals surface area contributed by atoms with Crippen LogP contribution >= 0.6 is 0 Å². The van der Waals surface area contributed by atoms with Gasteiger partial charge in [0, 0.05) is 18.2 Å². The Morgan fingerprint density at radius 3 is 2.62 bits per heavy atom. The van der Waals surface area contributed by atoms with Gasteiger partial charge in [0.1, 0.15) is 0 Å². The summed E-state index contributed by atoms with van der Waals surface area (Å²) in [5.41, 5.74) is 1.35. The Morgan fingerprint density at radius 1 is 1.19 bits per heavy atom. The van der Waals surface area contributed by atoms with Crippen molar-refractivity contribution in [3.8, 4) is 0 Å². The van der Waals surface area contributed by atoms with Crippen LogP contribution in [-0.2, 0) is 4.79 Å². The molecule has 26 heavy (non-hydrogen) atoms. The van der Waals surface area contributed by atoms with Crippen molar-refractivity contribution in [1.29, 1.82) is 0 Å². The van der Waals surface area contributed by atoms with Crippen molar-refractivity contribution >= 4 is 11.8 Å². The topological polar surface area (TPSA) is 49.4 Å². The minimum atomic E-state index is -0.335. The quantitative estimate of drug-likeness (QED) is 0.868. The molecule has 1 heterocycles. The lowest BCUT2D eigenvalue weighted by Gasteiger charge is -2.54. The molecule has 2 fully saturated rings. The number of hydrogen-bond donors (Lipinski definition) is 1. The molecule has 0 aromatic heterocycles. The second-order valence-electron chi connectivity index (χ2n) is 8.28. The minimum absolute atomic E-state index is 0.131. The molecule has 0 bridgehead atoms. The molecule has 1 atom stereocenters. The van der Waals surface area contributed by atoms with E-state index in [2.05, 4.69) is 17.1 Å². The molecule has 1 aromatic rings. The van der Waals surface area contributed by atoms with Crippen molar-refractivity contribution in [2.24, 2.45) is 0 Å². The Morgan fingerprint density at radius 2 is 1.92 bits per heavy atom. The Labute approximate surface area is 156 Å². The lowest BCUT2D eigenvalue weighted by Crippen LogP contribution is -2.62. The molecule has 0 radical (unpaired) electrons. The Hall–Kier alpha value is -1.84. The maximum atomic E-state index is 13.4. The van der Waals surface area contributed by atoms with Gasteiger partial charge in [0.05, 0.1) is 11.5 Å². The Kier molecular flexibility index (Phi) is 4.76. The first-order valence-electron chi connectivity index (χ1n) is 10.4. The maximum Gasteiger partial charge on any atom is 0.254 e. The van der Waals surface area contributed by atoms with Crippen molar-refractivity contribution in [1.82, 2.24) is 10.2 Å². The van der Waals surface area contributed by atoms with Gasteiger partial charge in [-0.1, -0.05) is 50.8 Å². The first-order valence-corrected chi connectivity index (χ1v) is 10.4. The second-order valence-corrected chi connectivity index (χ2v) is 8.28.